The van der Waals surface area contributed by atoms with E-state index in [1.807, 2.05) is 0 Å². The van der Waals surface area contributed by atoms with Crippen LogP contribution >= 0.6 is 11.8 Å². The van der Waals surface area contributed by atoms with Crippen molar-refractivity contribution < 1.29 is 29.0 Å². The van der Waals surface area contributed by atoms with Crippen molar-refractivity contribution >= 4 is 29.6 Å². The van der Waals surface area contributed by atoms with Gasteiger partial charge >= 0.3 is 11.9 Å². The van der Waals surface area contributed by atoms with E-state index in [1.165, 1.54) is 18.7 Å². The predicted octanol–water partition coefficient (Wildman–Crippen LogP) is 0.253. The van der Waals surface area contributed by atoms with E-state index in [-0.39, 0.29) is 17.8 Å². The maximum absolute atomic E-state index is 12.8. The average molecular weight is 366 g/mol. The lowest BCUT2D eigenvalue weighted by Crippen LogP contribution is -2.60. The van der Waals surface area contributed by atoms with E-state index in [9.17, 15) is 19.5 Å². The Morgan fingerprint density at radius 2 is 2.28 bits per heavy atom. The van der Waals surface area contributed by atoms with Gasteiger partial charge in [0, 0.05) is 19.3 Å². The third-order valence-corrected chi connectivity index (χ3v) is 6.05. The summed E-state index contributed by atoms with van der Waals surface area (Å²) in [4.78, 5) is 41.5. The maximum Gasteiger partial charge on any atom is 0.331 e. The van der Waals surface area contributed by atoms with Gasteiger partial charge in [0.25, 0.3) is 0 Å². The lowest BCUT2D eigenvalue weighted by molar-refractivity contribution is -0.168. The molecule has 0 bridgehead atoms. The number of ether oxygens (including phenoxy) is 2. The smallest absolute Gasteiger partial charge is 0.331 e. The summed E-state index contributed by atoms with van der Waals surface area (Å²) in [6.45, 7) is 2.40. The molecule has 3 heterocycles. The van der Waals surface area contributed by atoms with Crippen molar-refractivity contribution in [2.75, 3.05) is 13.3 Å². The van der Waals surface area contributed by atoms with E-state index in [1.54, 1.807) is 36.4 Å². The van der Waals surface area contributed by atoms with Crippen molar-refractivity contribution in [3.05, 3.63) is 30.1 Å². The molecule has 1 aromatic heterocycles. The van der Waals surface area contributed by atoms with Crippen molar-refractivity contribution in [2.45, 2.75) is 30.1 Å². The Morgan fingerprint density at radius 1 is 1.52 bits per heavy atom. The molecular formula is C16H18N2O6S. The second kappa shape index (κ2) is 6.64. The highest BCUT2D eigenvalue weighted by molar-refractivity contribution is 8.02. The molecule has 0 spiro atoms. The summed E-state index contributed by atoms with van der Waals surface area (Å²) in [5.74, 6) is -1.91. The van der Waals surface area contributed by atoms with Gasteiger partial charge in [-0.1, -0.05) is 6.07 Å². The Labute approximate surface area is 148 Å². The Morgan fingerprint density at radius 3 is 2.88 bits per heavy atom. The average Bonchev–Trinajstić information content (AvgIpc) is 2.91. The number of pyridine rings is 1. The van der Waals surface area contributed by atoms with Crippen LogP contribution in [0.25, 0.3) is 0 Å². The molecular weight excluding hydrogens is 348 g/mol. The zero-order valence-corrected chi connectivity index (χ0v) is 14.6. The zero-order chi connectivity index (χ0) is 18.2. The van der Waals surface area contributed by atoms with E-state index in [0.29, 0.717) is 5.56 Å². The second-order valence-corrected chi connectivity index (χ2v) is 7.41. The van der Waals surface area contributed by atoms with Crippen LogP contribution in [0.1, 0.15) is 19.4 Å². The van der Waals surface area contributed by atoms with Gasteiger partial charge in [0.15, 0.2) is 4.75 Å². The number of rotatable bonds is 5. The summed E-state index contributed by atoms with van der Waals surface area (Å²) in [6.07, 6.45) is 2.33. The molecule has 2 aliphatic heterocycles. The molecule has 0 radical (unpaired) electrons. The van der Waals surface area contributed by atoms with Gasteiger partial charge in [-0.2, -0.15) is 0 Å². The van der Waals surface area contributed by atoms with Crippen molar-refractivity contribution in [1.82, 2.24) is 9.88 Å². The first-order chi connectivity index (χ1) is 11.9. The van der Waals surface area contributed by atoms with Crippen LogP contribution in [0.5, 0.6) is 0 Å². The largest absolute Gasteiger partial charge is 0.428 e. The molecule has 2 aliphatic rings. The minimum atomic E-state index is -1.17. The predicted molar refractivity (Wildman–Crippen MR) is 86.9 cm³/mol. The molecule has 8 nitrogen and oxygen atoms in total. The van der Waals surface area contributed by atoms with E-state index in [4.69, 9.17) is 4.74 Å². The fourth-order valence-corrected chi connectivity index (χ4v) is 4.89. The van der Waals surface area contributed by atoms with Crippen LogP contribution in [0, 0.1) is 5.92 Å². The summed E-state index contributed by atoms with van der Waals surface area (Å²) in [6, 6.07) is 3.43. The number of aliphatic hydroxyl groups excluding tert-OH is 1. The normalized spacial score (nSPS) is 28.8. The summed E-state index contributed by atoms with van der Waals surface area (Å²) in [5, 5.41) is 9.51. The van der Waals surface area contributed by atoms with Crippen molar-refractivity contribution in [1.29, 1.82) is 0 Å². The molecule has 1 unspecified atom stereocenters. The van der Waals surface area contributed by atoms with Crippen molar-refractivity contribution in [3.8, 4) is 0 Å². The summed E-state index contributed by atoms with van der Waals surface area (Å²) < 4.78 is 8.63. The number of hydrogen-bond acceptors (Lipinski definition) is 8. The summed E-state index contributed by atoms with van der Waals surface area (Å²) >= 11 is 1.26. The minimum absolute atomic E-state index is 0.120. The fourth-order valence-electron chi connectivity index (χ4n) is 3.06. The fraction of sp³-hybridized carbons (Fsp3) is 0.500. The van der Waals surface area contributed by atoms with Crippen LogP contribution in [-0.2, 0) is 28.6 Å². The molecule has 0 aromatic carbocycles. The number of aliphatic hydroxyl groups is 1. The van der Waals surface area contributed by atoms with Crippen molar-refractivity contribution in [2.24, 2.45) is 5.92 Å². The highest BCUT2D eigenvalue weighted by Crippen LogP contribution is 2.55. The van der Waals surface area contributed by atoms with Crippen LogP contribution < -0.4 is 0 Å². The Hall–Kier alpha value is -2.13. The van der Waals surface area contributed by atoms with Crippen molar-refractivity contribution in [3.63, 3.8) is 0 Å². The molecule has 3 rings (SSSR count). The molecule has 134 valence electrons. The van der Waals surface area contributed by atoms with Crippen LogP contribution in [0.3, 0.4) is 0 Å². The zero-order valence-electron chi connectivity index (χ0n) is 13.7. The standard InChI is InChI=1S/C16H18N2O6S/c1-9(19)12-13(21)18-7-16(25-14(12)18,11-4-3-5-17-6-11)15(22)24-8-23-10(2)20/h3-6,9,12,14,19H,7-8H2,1-2H3/t9-,12+,14-,16?/m1/s1. The number of hydrogen-bond donors (Lipinski definition) is 1. The van der Waals surface area contributed by atoms with Crippen LogP contribution in [0.15, 0.2) is 24.5 Å². The van der Waals surface area contributed by atoms with E-state index < -0.39 is 35.5 Å². The van der Waals surface area contributed by atoms with Gasteiger partial charge < -0.3 is 19.5 Å². The summed E-state index contributed by atoms with van der Waals surface area (Å²) in [7, 11) is 0. The first kappa shape index (κ1) is 17.7. The Balaban J connectivity index is 1.87. The SMILES string of the molecule is CC(=O)OCOC(=O)C1(c2cccnc2)CN2C(=O)[C@H]([C@@H](C)O)[C@H]2S1. The molecule has 0 saturated carbocycles. The Kier molecular flexibility index (Phi) is 4.70. The number of carbonyl (C=O) groups excluding carboxylic acids is 3. The van der Waals surface area contributed by atoms with Gasteiger partial charge in [0.2, 0.25) is 12.7 Å². The molecule has 4 atom stereocenters. The monoisotopic (exact) mass is 366 g/mol. The van der Waals surface area contributed by atoms with Gasteiger partial charge in [0.05, 0.1) is 23.9 Å². The number of amides is 1. The number of β-lactam (4-membered cyclic amide) rings is 1. The number of nitrogens with zero attached hydrogens (tertiary/aromatic N) is 2. The van der Waals surface area contributed by atoms with E-state index in [0.717, 1.165) is 0 Å². The number of carbonyl (C=O) groups is 3. The van der Waals surface area contributed by atoms with Crippen LogP contribution in [-0.4, -0.2) is 57.7 Å². The van der Waals surface area contributed by atoms with E-state index in [2.05, 4.69) is 9.72 Å². The number of fused-ring (bicyclic) bond motifs is 1. The van der Waals surface area contributed by atoms with Crippen LogP contribution in [0.2, 0.25) is 0 Å². The molecule has 2 fully saturated rings. The first-order valence-electron chi connectivity index (χ1n) is 7.74. The minimum Gasteiger partial charge on any atom is -0.428 e. The van der Waals surface area contributed by atoms with Crippen LogP contribution in [0.4, 0.5) is 0 Å². The van der Waals surface area contributed by atoms with Gasteiger partial charge in [-0.25, -0.2) is 4.79 Å². The summed E-state index contributed by atoms with van der Waals surface area (Å²) in [5.41, 5.74) is 0.597. The first-order valence-corrected chi connectivity index (χ1v) is 8.62. The maximum atomic E-state index is 12.8. The quantitative estimate of drug-likeness (QED) is 0.449. The number of esters is 2. The molecule has 0 aliphatic carbocycles. The molecule has 1 N–H and O–H groups in total. The van der Waals surface area contributed by atoms with E-state index >= 15 is 0 Å². The third kappa shape index (κ3) is 2.98. The number of aromatic nitrogens is 1. The lowest BCUT2D eigenvalue weighted by atomic mass is 9.90. The second-order valence-electron chi connectivity index (χ2n) is 6.00. The lowest BCUT2D eigenvalue weighted by Gasteiger charge is -2.42. The molecule has 2 saturated heterocycles. The van der Waals surface area contributed by atoms with Gasteiger partial charge in [-0.15, -0.1) is 11.8 Å². The molecule has 9 heteroatoms. The topological polar surface area (TPSA) is 106 Å². The number of thioether (sulfide) groups is 1. The highest BCUT2D eigenvalue weighted by Gasteiger charge is 2.63. The van der Waals surface area contributed by atoms with Gasteiger partial charge in [-0.05, 0) is 18.6 Å². The molecule has 1 amide bonds. The third-order valence-electron chi connectivity index (χ3n) is 4.33. The van der Waals surface area contributed by atoms with Gasteiger partial charge in [0.1, 0.15) is 0 Å². The Bertz CT molecular complexity index is 697. The van der Waals surface area contributed by atoms with Gasteiger partial charge in [-0.3, -0.25) is 14.6 Å². The molecule has 25 heavy (non-hydrogen) atoms. The highest BCUT2D eigenvalue weighted by atomic mass is 32.2. The molecule has 1 aromatic rings.